The molecule has 160 valence electrons. The van der Waals surface area contributed by atoms with Gasteiger partial charge in [-0.15, -0.1) is 0 Å². The van der Waals surface area contributed by atoms with Crippen LogP contribution in [0.2, 0.25) is 5.02 Å². The van der Waals surface area contributed by atoms with Crippen LogP contribution in [-0.4, -0.2) is 38.1 Å². The molecule has 2 aliphatic heterocycles. The summed E-state index contributed by atoms with van der Waals surface area (Å²) in [5.41, 5.74) is 1.68. The molecule has 4 rings (SSSR count). The van der Waals surface area contributed by atoms with E-state index in [1.165, 1.54) is 6.07 Å². The Morgan fingerprint density at radius 3 is 2.70 bits per heavy atom. The molecule has 0 unspecified atom stereocenters. The van der Waals surface area contributed by atoms with Crippen molar-refractivity contribution in [1.29, 1.82) is 0 Å². The first-order valence-electron chi connectivity index (χ1n) is 10.0. The number of rotatable bonds is 3. The van der Waals surface area contributed by atoms with Gasteiger partial charge in [0.15, 0.2) is 0 Å². The lowest BCUT2D eigenvalue weighted by Crippen LogP contribution is -2.61. The Balaban J connectivity index is 1.69. The molecular weight excluding hydrogens is 415 g/mol. The van der Waals surface area contributed by atoms with E-state index in [9.17, 15) is 18.0 Å². The highest BCUT2D eigenvalue weighted by Gasteiger charge is 2.42. The molecule has 0 spiro atoms. The molecule has 2 aliphatic rings. The Hall–Kier alpha value is -2.41. The highest BCUT2D eigenvalue weighted by Crippen LogP contribution is 2.40. The molecule has 2 atom stereocenters. The van der Waals surface area contributed by atoms with Crippen LogP contribution in [0.3, 0.4) is 0 Å². The number of hydrogen-bond acceptors (Lipinski definition) is 3. The van der Waals surface area contributed by atoms with Crippen molar-refractivity contribution in [2.24, 2.45) is 5.92 Å². The summed E-state index contributed by atoms with van der Waals surface area (Å²) in [7, 11) is 0. The largest absolute Gasteiger partial charge is 0.416 e. The zero-order valence-corrected chi connectivity index (χ0v) is 17.3. The second-order valence-corrected chi connectivity index (χ2v) is 8.17. The molecule has 0 radical (unpaired) electrons. The number of fused-ring (bicyclic) bond motifs is 3. The van der Waals surface area contributed by atoms with Gasteiger partial charge in [0.05, 0.1) is 17.5 Å². The summed E-state index contributed by atoms with van der Waals surface area (Å²) in [5.74, 6) is -0.550. The molecule has 8 heteroatoms. The highest BCUT2D eigenvalue weighted by atomic mass is 35.5. The zero-order chi connectivity index (χ0) is 21.5. The van der Waals surface area contributed by atoms with E-state index in [0.717, 1.165) is 17.4 Å². The van der Waals surface area contributed by atoms with E-state index in [4.69, 9.17) is 11.6 Å². The van der Waals surface area contributed by atoms with Crippen LogP contribution in [0.15, 0.2) is 42.5 Å². The molecule has 4 nitrogen and oxygen atoms in total. The van der Waals surface area contributed by atoms with E-state index in [1.807, 2.05) is 31.2 Å². The fourth-order valence-electron chi connectivity index (χ4n) is 4.51. The monoisotopic (exact) mass is 437 g/mol. The van der Waals surface area contributed by atoms with E-state index >= 15 is 0 Å². The van der Waals surface area contributed by atoms with E-state index < -0.39 is 17.7 Å². The number of hydrogen-bond donors (Lipinski definition) is 1. The highest BCUT2D eigenvalue weighted by molar-refractivity contribution is 6.30. The van der Waals surface area contributed by atoms with Gasteiger partial charge >= 0.3 is 6.18 Å². The van der Waals surface area contributed by atoms with Crippen LogP contribution < -0.4 is 15.1 Å². The van der Waals surface area contributed by atoms with E-state index in [2.05, 4.69) is 15.1 Å². The van der Waals surface area contributed by atoms with Gasteiger partial charge in [-0.25, -0.2) is 0 Å². The number of piperazine rings is 1. The number of nitrogens with zero attached hydrogens (tertiary/aromatic N) is 2. The Morgan fingerprint density at radius 1 is 1.20 bits per heavy atom. The maximum atomic E-state index is 13.2. The molecule has 30 heavy (non-hydrogen) atoms. The average Bonchev–Trinajstić information content (AvgIpc) is 2.71. The predicted octanol–water partition coefficient (Wildman–Crippen LogP) is 4.36. The second kappa shape index (κ2) is 8.02. The number of amides is 1. The van der Waals surface area contributed by atoms with Gasteiger partial charge in [-0.05, 0) is 55.3 Å². The van der Waals surface area contributed by atoms with Crippen molar-refractivity contribution < 1.29 is 18.0 Å². The summed E-state index contributed by atoms with van der Waals surface area (Å²) >= 11 is 6.15. The number of benzene rings is 2. The first-order chi connectivity index (χ1) is 14.3. The molecule has 0 aliphatic carbocycles. The lowest BCUT2D eigenvalue weighted by atomic mass is 9.82. The first kappa shape index (κ1) is 20.8. The van der Waals surface area contributed by atoms with Crippen molar-refractivity contribution in [3.8, 4) is 0 Å². The standard InChI is InChI=1S/C22H23ClF3N3O/c1-2-27-21(30)18-11-14-10-15(22(24,25)26)6-7-19(14)29-9-8-28(13-20(18)29)17-5-3-4-16(23)12-17/h3-7,10,12,18,20H,2,8-9,11,13H2,1H3,(H,27,30)/t18-,20+/m0/s1. The number of carbonyl (C=O) groups is 1. The van der Waals surface area contributed by atoms with Crippen LogP contribution in [0.1, 0.15) is 18.1 Å². The molecule has 2 heterocycles. The van der Waals surface area contributed by atoms with Gasteiger partial charge in [0.25, 0.3) is 0 Å². The van der Waals surface area contributed by atoms with Gasteiger partial charge in [0.1, 0.15) is 0 Å². The Kier molecular flexibility index (Phi) is 5.57. The van der Waals surface area contributed by atoms with Crippen LogP contribution in [0.25, 0.3) is 0 Å². The van der Waals surface area contributed by atoms with Crippen LogP contribution in [0, 0.1) is 5.92 Å². The molecule has 2 aromatic rings. The topological polar surface area (TPSA) is 35.6 Å². The van der Waals surface area contributed by atoms with Crippen LogP contribution in [0.4, 0.5) is 24.5 Å². The molecule has 0 saturated carbocycles. The quantitative estimate of drug-likeness (QED) is 0.774. The summed E-state index contributed by atoms with van der Waals surface area (Å²) in [6.45, 7) is 4.23. The summed E-state index contributed by atoms with van der Waals surface area (Å²) in [4.78, 5) is 17.1. The lowest BCUT2D eigenvalue weighted by Gasteiger charge is -2.49. The zero-order valence-electron chi connectivity index (χ0n) is 16.5. The summed E-state index contributed by atoms with van der Waals surface area (Å²) < 4.78 is 39.7. The molecule has 0 bridgehead atoms. The third kappa shape index (κ3) is 3.95. The number of anilines is 2. The van der Waals surface area contributed by atoms with E-state index in [-0.39, 0.29) is 18.4 Å². The van der Waals surface area contributed by atoms with Gasteiger partial charge < -0.3 is 15.1 Å². The van der Waals surface area contributed by atoms with Gasteiger partial charge in [0, 0.05) is 42.6 Å². The summed E-state index contributed by atoms with van der Waals surface area (Å²) in [6.07, 6.45) is -4.12. The molecule has 1 amide bonds. The van der Waals surface area contributed by atoms with Gasteiger partial charge in [-0.3, -0.25) is 4.79 Å². The van der Waals surface area contributed by atoms with E-state index in [1.54, 1.807) is 6.07 Å². The second-order valence-electron chi connectivity index (χ2n) is 7.73. The van der Waals surface area contributed by atoms with Crippen molar-refractivity contribution in [1.82, 2.24) is 5.32 Å². The van der Waals surface area contributed by atoms with Crippen molar-refractivity contribution in [2.45, 2.75) is 25.6 Å². The smallest absolute Gasteiger partial charge is 0.368 e. The molecule has 1 N–H and O–H groups in total. The summed E-state index contributed by atoms with van der Waals surface area (Å²) in [6, 6.07) is 11.3. The van der Waals surface area contributed by atoms with Gasteiger partial charge in [-0.1, -0.05) is 17.7 Å². The number of nitrogens with one attached hydrogen (secondary N) is 1. The van der Waals surface area contributed by atoms with Crippen LogP contribution >= 0.6 is 11.6 Å². The number of alkyl halides is 3. The Morgan fingerprint density at radius 2 is 2.00 bits per heavy atom. The maximum absolute atomic E-state index is 13.2. The minimum absolute atomic E-state index is 0.122. The molecular formula is C22H23ClF3N3O. The fourth-order valence-corrected chi connectivity index (χ4v) is 4.70. The van der Waals surface area contributed by atoms with Crippen LogP contribution in [-0.2, 0) is 17.4 Å². The normalized spacial score (nSPS) is 21.1. The average molecular weight is 438 g/mol. The Labute approximate surface area is 178 Å². The number of carbonyl (C=O) groups excluding carboxylic acids is 1. The molecule has 2 aromatic carbocycles. The Bertz CT molecular complexity index is 949. The van der Waals surface area contributed by atoms with Gasteiger partial charge in [0.2, 0.25) is 5.91 Å². The van der Waals surface area contributed by atoms with E-state index in [0.29, 0.717) is 36.8 Å². The third-order valence-corrected chi connectivity index (χ3v) is 6.14. The summed E-state index contributed by atoms with van der Waals surface area (Å²) in [5, 5.41) is 3.50. The van der Waals surface area contributed by atoms with Crippen molar-refractivity contribution in [2.75, 3.05) is 36.0 Å². The number of halogens is 4. The predicted molar refractivity (Wildman–Crippen MR) is 112 cm³/mol. The lowest BCUT2D eigenvalue weighted by molar-refractivity contribution is -0.137. The first-order valence-corrected chi connectivity index (χ1v) is 10.4. The van der Waals surface area contributed by atoms with Crippen molar-refractivity contribution >= 4 is 28.9 Å². The maximum Gasteiger partial charge on any atom is 0.416 e. The molecule has 1 fully saturated rings. The minimum Gasteiger partial charge on any atom is -0.368 e. The van der Waals surface area contributed by atoms with Crippen molar-refractivity contribution in [3.05, 3.63) is 58.6 Å². The fraction of sp³-hybridized carbons (Fsp3) is 0.409. The SMILES string of the molecule is CCNC(=O)[C@H]1Cc2cc(C(F)(F)F)ccc2N2CCN(c3cccc(Cl)c3)C[C@H]12. The van der Waals surface area contributed by atoms with Crippen molar-refractivity contribution in [3.63, 3.8) is 0 Å². The van der Waals surface area contributed by atoms with Gasteiger partial charge in [-0.2, -0.15) is 13.2 Å². The van der Waals surface area contributed by atoms with Crippen LogP contribution in [0.5, 0.6) is 0 Å². The third-order valence-electron chi connectivity index (χ3n) is 5.90. The molecule has 1 saturated heterocycles. The molecule has 0 aromatic heterocycles. The minimum atomic E-state index is -4.40.